The summed E-state index contributed by atoms with van der Waals surface area (Å²) in [6, 6.07) is 7.93. The van der Waals surface area contributed by atoms with Crippen molar-refractivity contribution in [2.24, 2.45) is 11.7 Å². The highest BCUT2D eigenvalue weighted by atomic mass is 16.5. The predicted molar refractivity (Wildman–Crippen MR) is 95.8 cm³/mol. The fourth-order valence-electron chi connectivity index (χ4n) is 3.42. The number of benzene rings is 1. The number of carbonyl (C=O) groups is 1. The summed E-state index contributed by atoms with van der Waals surface area (Å²) in [6.45, 7) is 4.38. The first kappa shape index (κ1) is 17.6. The number of likely N-dealkylation sites (tertiary alicyclic amines) is 1. The van der Waals surface area contributed by atoms with Gasteiger partial charge in [0.2, 0.25) is 17.6 Å². The van der Waals surface area contributed by atoms with Gasteiger partial charge in [0.05, 0.1) is 0 Å². The number of aryl methyl sites for hydroxylation is 2. The monoisotopic (exact) mass is 342 g/mol. The third-order valence-electron chi connectivity index (χ3n) is 4.85. The minimum absolute atomic E-state index is 0.164. The SMILES string of the molecule is Cc1ccccc1-c1noc(CCC(=O)N2CCC[C@H](CCN)C2)n1. The maximum absolute atomic E-state index is 12.5. The molecule has 0 unspecified atom stereocenters. The molecule has 1 aromatic heterocycles. The van der Waals surface area contributed by atoms with E-state index in [0.717, 1.165) is 37.1 Å². The molecule has 1 amide bonds. The Morgan fingerprint density at radius 2 is 2.24 bits per heavy atom. The standard InChI is InChI=1S/C19H26N4O2/c1-14-5-2-3-7-16(14)19-21-17(25-22-19)8-9-18(24)23-12-4-6-15(13-23)10-11-20/h2-3,5,7,15H,4,6,8-13,20H2,1H3/t15-/m1/s1. The van der Waals surface area contributed by atoms with Gasteiger partial charge in [-0.3, -0.25) is 4.79 Å². The second-order valence-corrected chi connectivity index (χ2v) is 6.75. The van der Waals surface area contributed by atoms with Crippen LogP contribution < -0.4 is 5.73 Å². The van der Waals surface area contributed by atoms with Crippen molar-refractivity contribution in [3.05, 3.63) is 35.7 Å². The smallest absolute Gasteiger partial charge is 0.227 e. The summed E-state index contributed by atoms with van der Waals surface area (Å²) in [6.07, 6.45) is 4.12. The van der Waals surface area contributed by atoms with Gasteiger partial charge in [0.25, 0.3) is 0 Å². The normalized spacial score (nSPS) is 17.7. The minimum atomic E-state index is 0.164. The van der Waals surface area contributed by atoms with E-state index in [1.807, 2.05) is 36.1 Å². The molecule has 2 N–H and O–H groups in total. The number of hydrogen-bond donors (Lipinski definition) is 1. The van der Waals surface area contributed by atoms with E-state index < -0.39 is 0 Å². The van der Waals surface area contributed by atoms with Crippen LogP contribution in [0.15, 0.2) is 28.8 Å². The summed E-state index contributed by atoms with van der Waals surface area (Å²) in [5.74, 6) is 1.81. The van der Waals surface area contributed by atoms with Crippen LogP contribution in [-0.2, 0) is 11.2 Å². The van der Waals surface area contributed by atoms with E-state index in [0.29, 0.717) is 37.0 Å². The molecule has 1 saturated heterocycles. The van der Waals surface area contributed by atoms with Crippen LogP contribution >= 0.6 is 0 Å². The second kappa shape index (κ2) is 8.25. The third kappa shape index (κ3) is 4.45. The van der Waals surface area contributed by atoms with Gasteiger partial charge >= 0.3 is 0 Å². The Kier molecular flexibility index (Phi) is 5.81. The van der Waals surface area contributed by atoms with E-state index in [4.69, 9.17) is 10.3 Å². The summed E-state index contributed by atoms with van der Waals surface area (Å²) < 4.78 is 5.32. The average Bonchev–Trinajstić information content (AvgIpc) is 3.09. The molecule has 2 heterocycles. The summed E-state index contributed by atoms with van der Waals surface area (Å²) in [7, 11) is 0. The Hall–Kier alpha value is -2.21. The zero-order valence-corrected chi connectivity index (χ0v) is 14.8. The first-order chi connectivity index (χ1) is 12.2. The van der Waals surface area contributed by atoms with Crippen LogP contribution in [0.3, 0.4) is 0 Å². The van der Waals surface area contributed by atoms with Crippen molar-refractivity contribution in [3.63, 3.8) is 0 Å². The molecule has 3 rings (SSSR count). The van der Waals surface area contributed by atoms with Gasteiger partial charge in [0, 0.05) is 31.5 Å². The number of piperidine rings is 1. The van der Waals surface area contributed by atoms with E-state index in [1.54, 1.807) is 0 Å². The van der Waals surface area contributed by atoms with Crippen LogP contribution in [0.25, 0.3) is 11.4 Å². The number of nitrogens with zero attached hydrogens (tertiary/aromatic N) is 3. The molecule has 134 valence electrons. The van der Waals surface area contributed by atoms with Crippen LogP contribution in [0.5, 0.6) is 0 Å². The zero-order valence-electron chi connectivity index (χ0n) is 14.8. The summed E-state index contributed by atoms with van der Waals surface area (Å²) in [4.78, 5) is 18.9. The van der Waals surface area contributed by atoms with Gasteiger partial charge in [-0.05, 0) is 44.2 Å². The highest BCUT2D eigenvalue weighted by Crippen LogP contribution is 2.22. The van der Waals surface area contributed by atoms with Crippen molar-refractivity contribution in [2.45, 2.75) is 39.0 Å². The molecular formula is C19H26N4O2. The molecule has 1 aliphatic heterocycles. The molecule has 1 atom stereocenters. The lowest BCUT2D eigenvalue weighted by Gasteiger charge is -2.32. The van der Waals surface area contributed by atoms with E-state index >= 15 is 0 Å². The number of amides is 1. The first-order valence-electron chi connectivity index (χ1n) is 9.04. The highest BCUT2D eigenvalue weighted by molar-refractivity contribution is 5.76. The van der Waals surface area contributed by atoms with Gasteiger partial charge in [0.1, 0.15) is 0 Å². The Morgan fingerprint density at radius 3 is 3.04 bits per heavy atom. The maximum atomic E-state index is 12.5. The lowest BCUT2D eigenvalue weighted by molar-refractivity contribution is -0.133. The molecule has 1 aromatic carbocycles. The molecule has 0 radical (unpaired) electrons. The highest BCUT2D eigenvalue weighted by Gasteiger charge is 2.23. The van der Waals surface area contributed by atoms with Gasteiger partial charge in [-0.25, -0.2) is 0 Å². The predicted octanol–water partition coefficient (Wildman–Crippen LogP) is 2.57. The average molecular weight is 342 g/mol. The van der Waals surface area contributed by atoms with Crippen molar-refractivity contribution < 1.29 is 9.32 Å². The molecule has 0 saturated carbocycles. The molecule has 0 spiro atoms. The molecule has 6 heteroatoms. The van der Waals surface area contributed by atoms with Crippen LogP contribution in [0.1, 0.15) is 37.1 Å². The van der Waals surface area contributed by atoms with Crippen molar-refractivity contribution >= 4 is 5.91 Å². The Bertz CT molecular complexity index is 711. The van der Waals surface area contributed by atoms with E-state index in [9.17, 15) is 4.79 Å². The Balaban J connectivity index is 1.55. The van der Waals surface area contributed by atoms with Crippen LogP contribution in [0.2, 0.25) is 0 Å². The second-order valence-electron chi connectivity index (χ2n) is 6.75. The van der Waals surface area contributed by atoms with Crippen molar-refractivity contribution in [1.29, 1.82) is 0 Å². The quantitative estimate of drug-likeness (QED) is 0.872. The zero-order chi connectivity index (χ0) is 17.6. The number of rotatable bonds is 6. The fourth-order valence-corrected chi connectivity index (χ4v) is 3.42. The lowest BCUT2D eigenvalue weighted by Crippen LogP contribution is -2.40. The van der Waals surface area contributed by atoms with Crippen molar-refractivity contribution in [1.82, 2.24) is 15.0 Å². The molecule has 0 bridgehead atoms. The van der Waals surface area contributed by atoms with Crippen molar-refractivity contribution in [2.75, 3.05) is 19.6 Å². The topological polar surface area (TPSA) is 85.2 Å². The van der Waals surface area contributed by atoms with E-state index in [1.165, 1.54) is 6.42 Å². The number of hydrogen-bond acceptors (Lipinski definition) is 5. The maximum Gasteiger partial charge on any atom is 0.227 e. The van der Waals surface area contributed by atoms with Crippen molar-refractivity contribution in [3.8, 4) is 11.4 Å². The van der Waals surface area contributed by atoms with Gasteiger partial charge in [0.15, 0.2) is 0 Å². The number of aromatic nitrogens is 2. The van der Waals surface area contributed by atoms with Gasteiger partial charge in [-0.15, -0.1) is 0 Å². The molecule has 25 heavy (non-hydrogen) atoms. The van der Waals surface area contributed by atoms with E-state index in [2.05, 4.69) is 10.1 Å². The van der Waals surface area contributed by atoms with Gasteiger partial charge in [-0.1, -0.05) is 29.4 Å². The molecule has 2 aromatic rings. The summed E-state index contributed by atoms with van der Waals surface area (Å²) >= 11 is 0. The fraction of sp³-hybridized carbons (Fsp3) is 0.526. The molecule has 1 aliphatic rings. The van der Waals surface area contributed by atoms with E-state index in [-0.39, 0.29) is 5.91 Å². The first-order valence-corrected chi connectivity index (χ1v) is 9.04. The summed E-state index contributed by atoms with van der Waals surface area (Å²) in [5, 5.41) is 4.05. The van der Waals surface area contributed by atoms with Gasteiger partial charge in [-0.2, -0.15) is 4.98 Å². The van der Waals surface area contributed by atoms with Crippen LogP contribution in [0, 0.1) is 12.8 Å². The Morgan fingerprint density at radius 1 is 1.40 bits per heavy atom. The Labute approximate surface area is 148 Å². The lowest BCUT2D eigenvalue weighted by atomic mass is 9.94. The molecule has 0 aliphatic carbocycles. The van der Waals surface area contributed by atoms with Crippen LogP contribution in [0.4, 0.5) is 0 Å². The number of carbonyl (C=O) groups excluding carboxylic acids is 1. The number of nitrogens with two attached hydrogens (primary N) is 1. The molecule has 1 fully saturated rings. The third-order valence-corrected chi connectivity index (χ3v) is 4.85. The molecule has 6 nitrogen and oxygen atoms in total. The van der Waals surface area contributed by atoms with Gasteiger partial charge < -0.3 is 15.2 Å². The molecular weight excluding hydrogens is 316 g/mol. The van der Waals surface area contributed by atoms with Crippen LogP contribution in [-0.4, -0.2) is 40.6 Å². The minimum Gasteiger partial charge on any atom is -0.342 e. The largest absolute Gasteiger partial charge is 0.342 e. The summed E-state index contributed by atoms with van der Waals surface area (Å²) in [5.41, 5.74) is 7.71.